The van der Waals surface area contributed by atoms with E-state index in [4.69, 9.17) is 18.8 Å². The second-order valence-electron chi connectivity index (χ2n) is 13.4. The van der Waals surface area contributed by atoms with Crippen LogP contribution < -0.4 is 0 Å². The van der Waals surface area contributed by atoms with E-state index in [-0.39, 0.29) is 0 Å². The highest BCUT2D eigenvalue weighted by Crippen LogP contribution is 2.41. The molecule has 0 unspecified atom stereocenters. The lowest BCUT2D eigenvalue weighted by Crippen LogP contribution is -2.00. The zero-order valence-corrected chi connectivity index (χ0v) is 27.6. The number of nitrogens with zero attached hydrogens (tertiary/aromatic N) is 4. The lowest BCUT2D eigenvalue weighted by Gasteiger charge is -2.13. The van der Waals surface area contributed by atoms with Gasteiger partial charge < -0.3 is 18.0 Å². The monoisotopic (exact) mass is 666 g/mol. The van der Waals surface area contributed by atoms with Crippen molar-refractivity contribution in [3.05, 3.63) is 158 Å². The van der Waals surface area contributed by atoms with E-state index < -0.39 is 0 Å². The maximum atomic E-state index is 6.45. The largest absolute Gasteiger partial charge is 0.456 e. The van der Waals surface area contributed by atoms with Gasteiger partial charge in [-0.2, -0.15) is 0 Å². The third-order valence-corrected chi connectivity index (χ3v) is 10.6. The Labute approximate surface area is 295 Å². The van der Waals surface area contributed by atoms with Gasteiger partial charge in [0, 0.05) is 49.0 Å². The van der Waals surface area contributed by atoms with Crippen molar-refractivity contribution < 1.29 is 8.83 Å². The van der Waals surface area contributed by atoms with Crippen LogP contribution in [0.2, 0.25) is 0 Å². The first kappa shape index (κ1) is 27.6. The summed E-state index contributed by atoms with van der Waals surface area (Å²) in [6.45, 7) is 0. The fourth-order valence-electron chi connectivity index (χ4n) is 8.32. The maximum Gasteiger partial charge on any atom is 0.172 e. The van der Waals surface area contributed by atoms with Crippen LogP contribution in [-0.4, -0.2) is 19.1 Å². The smallest absolute Gasteiger partial charge is 0.172 e. The number of hydrogen-bond acceptors (Lipinski definition) is 4. The predicted molar refractivity (Wildman–Crippen MR) is 211 cm³/mol. The molecule has 5 heterocycles. The maximum absolute atomic E-state index is 6.45. The van der Waals surface area contributed by atoms with Crippen molar-refractivity contribution in [3.8, 4) is 22.8 Å². The molecule has 5 aromatic heterocycles. The van der Waals surface area contributed by atoms with Crippen molar-refractivity contribution >= 4 is 87.6 Å². The Morgan fingerprint density at radius 2 is 0.942 bits per heavy atom. The molecule has 52 heavy (non-hydrogen) atoms. The van der Waals surface area contributed by atoms with Crippen LogP contribution in [0.15, 0.2) is 167 Å². The number of aromatic nitrogens is 4. The molecule has 7 aromatic carbocycles. The Balaban J connectivity index is 1.14. The highest BCUT2D eigenvalue weighted by molar-refractivity contribution is 6.13. The first-order chi connectivity index (χ1) is 25.8. The van der Waals surface area contributed by atoms with Crippen LogP contribution in [0.1, 0.15) is 0 Å². The number of furan rings is 2. The summed E-state index contributed by atoms with van der Waals surface area (Å²) in [6.07, 6.45) is 1.80. The van der Waals surface area contributed by atoms with Gasteiger partial charge in [0.15, 0.2) is 11.4 Å². The van der Waals surface area contributed by atoms with Crippen LogP contribution in [0.4, 0.5) is 0 Å². The van der Waals surface area contributed by atoms with E-state index in [2.05, 4.69) is 143 Å². The molecular weight excluding hydrogens is 641 g/mol. The van der Waals surface area contributed by atoms with Gasteiger partial charge >= 0.3 is 0 Å². The topological polar surface area (TPSA) is 61.9 Å². The average molecular weight is 667 g/mol. The molecule has 0 aliphatic rings. The van der Waals surface area contributed by atoms with Crippen molar-refractivity contribution in [2.45, 2.75) is 0 Å². The summed E-state index contributed by atoms with van der Waals surface area (Å²) in [6, 6.07) is 53.1. The molecule has 0 atom stereocenters. The molecule has 0 N–H and O–H groups in total. The molecule has 12 rings (SSSR count). The van der Waals surface area contributed by atoms with Crippen LogP contribution in [0.25, 0.3) is 110 Å². The molecule has 0 spiro atoms. The van der Waals surface area contributed by atoms with Gasteiger partial charge in [0.2, 0.25) is 0 Å². The first-order valence-electron chi connectivity index (χ1n) is 17.4. The van der Waals surface area contributed by atoms with Crippen molar-refractivity contribution in [2.75, 3.05) is 0 Å². The molecular formula is C46H26N4O2. The van der Waals surface area contributed by atoms with E-state index in [1.165, 1.54) is 21.5 Å². The fourth-order valence-corrected chi connectivity index (χ4v) is 8.32. The van der Waals surface area contributed by atoms with Crippen LogP contribution >= 0.6 is 0 Å². The Bertz CT molecular complexity index is 3330. The number of fused-ring (bicyclic) bond motifs is 12. The van der Waals surface area contributed by atoms with E-state index in [1.54, 1.807) is 6.20 Å². The lowest BCUT2D eigenvalue weighted by molar-refractivity contribution is 0.666. The fraction of sp³-hybridized carbons (Fsp3) is 0. The van der Waals surface area contributed by atoms with E-state index in [0.29, 0.717) is 11.4 Å². The van der Waals surface area contributed by atoms with Gasteiger partial charge in [-0.3, -0.25) is 0 Å². The molecule has 0 aliphatic heterocycles. The lowest BCUT2D eigenvalue weighted by atomic mass is 10.1. The molecule has 0 amide bonds. The van der Waals surface area contributed by atoms with Gasteiger partial charge in [-0.25, -0.2) is 9.97 Å². The highest BCUT2D eigenvalue weighted by Gasteiger charge is 2.22. The van der Waals surface area contributed by atoms with E-state index in [1.807, 2.05) is 18.2 Å². The highest BCUT2D eigenvalue weighted by atomic mass is 16.3. The molecule has 12 aromatic rings. The SMILES string of the molecule is c1ccc2c(c1)oc1cc(-c3ncc4oc5ccc(-n6c7ccccc7c7ccccc76)cc5c4n3)c(-n3c4ccccc4c4ccccc43)cc12. The molecule has 6 nitrogen and oxygen atoms in total. The van der Waals surface area contributed by atoms with E-state index in [0.717, 1.165) is 77.4 Å². The zero-order valence-electron chi connectivity index (χ0n) is 27.6. The van der Waals surface area contributed by atoms with Crippen LogP contribution in [-0.2, 0) is 0 Å². The molecule has 0 saturated carbocycles. The Kier molecular flexibility index (Phi) is 5.41. The number of hydrogen-bond donors (Lipinski definition) is 0. The summed E-state index contributed by atoms with van der Waals surface area (Å²) in [4.78, 5) is 10.3. The van der Waals surface area contributed by atoms with Crippen molar-refractivity contribution in [2.24, 2.45) is 0 Å². The van der Waals surface area contributed by atoms with E-state index in [9.17, 15) is 0 Å². The van der Waals surface area contributed by atoms with Gasteiger partial charge in [-0.1, -0.05) is 91.0 Å². The van der Waals surface area contributed by atoms with Crippen LogP contribution in [0.3, 0.4) is 0 Å². The number of benzene rings is 7. The third-order valence-electron chi connectivity index (χ3n) is 10.6. The zero-order chi connectivity index (χ0) is 33.9. The van der Waals surface area contributed by atoms with Crippen molar-refractivity contribution in [1.82, 2.24) is 19.1 Å². The van der Waals surface area contributed by atoms with Gasteiger partial charge in [-0.15, -0.1) is 0 Å². The minimum Gasteiger partial charge on any atom is -0.456 e. The second-order valence-corrected chi connectivity index (χ2v) is 13.4. The minimum absolute atomic E-state index is 0.594. The summed E-state index contributed by atoms with van der Waals surface area (Å²) in [5, 5.41) is 7.87. The normalized spacial score (nSPS) is 12.2. The standard InChI is InChI=1S/C46H26N4O2/c1-6-16-36-28(11-1)29-12-2-7-17-37(29)49(36)27-21-22-42-35(23-27)45-44(52-42)26-47-46(48-45)34-25-43-33(32-15-5-10-20-41(32)51-43)24-40(34)50-38-18-8-3-13-30(38)31-14-4-9-19-39(31)50/h1-26H. The molecule has 0 saturated heterocycles. The molecule has 0 fully saturated rings. The van der Waals surface area contributed by atoms with Crippen molar-refractivity contribution in [3.63, 3.8) is 0 Å². The van der Waals surface area contributed by atoms with Gasteiger partial charge in [-0.05, 0) is 60.7 Å². The molecule has 0 aliphatic carbocycles. The summed E-state index contributed by atoms with van der Waals surface area (Å²) < 4.78 is 17.5. The average Bonchev–Trinajstić information content (AvgIpc) is 3.94. The van der Waals surface area contributed by atoms with Crippen molar-refractivity contribution in [1.29, 1.82) is 0 Å². The predicted octanol–water partition coefficient (Wildman–Crippen LogP) is 12.1. The van der Waals surface area contributed by atoms with Crippen LogP contribution in [0, 0.1) is 0 Å². The van der Waals surface area contributed by atoms with E-state index >= 15 is 0 Å². The summed E-state index contributed by atoms with van der Waals surface area (Å²) in [7, 11) is 0. The molecule has 242 valence electrons. The summed E-state index contributed by atoms with van der Waals surface area (Å²) in [5.74, 6) is 0.594. The quantitative estimate of drug-likeness (QED) is 0.188. The Hall–Kier alpha value is -7.18. The molecule has 6 heteroatoms. The second kappa shape index (κ2) is 10.2. The van der Waals surface area contributed by atoms with Gasteiger partial charge in [0.05, 0.1) is 34.0 Å². The number of rotatable bonds is 3. The Morgan fingerprint density at radius 1 is 0.404 bits per heavy atom. The summed E-state index contributed by atoms with van der Waals surface area (Å²) in [5.41, 5.74) is 11.2. The molecule has 0 bridgehead atoms. The molecule has 0 radical (unpaired) electrons. The minimum atomic E-state index is 0.594. The Morgan fingerprint density at radius 3 is 1.60 bits per heavy atom. The number of para-hydroxylation sites is 5. The third kappa shape index (κ3) is 3.72. The van der Waals surface area contributed by atoms with Gasteiger partial charge in [0.25, 0.3) is 0 Å². The summed E-state index contributed by atoms with van der Waals surface area (Å²) >= 11 is 0. The first-order valence-corrected chi connectivity index (χ1v) is 17.4. The van der Waals surface area contributed by atoms with Crippen LogP contribution in [0.5, 0.6) is 0 Å². The van der Waals surface area contributed by atoms with Gasteiger partial charge in [0.1, 0.15) is 22.3 Å².